The number of hydrogen-bond donors (Lipinski definition) is 1. The first-order valence-corrected chi connectivity index (χ1v) is 14.1. The van der Waals surface area contributed by atoms with Crippen molar-refractivity contribution in [2.75, 3.05) is 11.1 Å². The highest BCUT2D eigenvalue weighted by atomic mass is 35.5. The first kappa shape index (κ1) is 28.2. The normalized spacial score (nSPS) is 11.8. The maximum atomic E-state index is 13.7. The predicted molar refractivity (Wildman–Crippen MR) is 149 cm³/mol. The number of fused-ring (bicyclic) bond motifs is 1. The van der Waals surface area contributed by atoms with E-state index in [1.165, 1.54) is 22.0 Å². The van der Waals surface area contributed by atoms with Crippen molar-refractivity contribution in [2.24, 2.45) is 0 Å². The highest BCUT2D eigenvalue weighted by Crippen LogP contribution is 2.36. The summed E-state index contributed by atoms with van der Waals surface area (Å²) in [5.41, 5.74) is 1.38. The largest absolute Gasteiger partial charge is 0.417 e. The number of rotatable bonds is 8. The molecule has 5 nitrogen and oxygen atoms in total. The van der Waals surface area contributed by atoms with Crippen LogP contribution in [0.5, 0.6) is 0 Å². The molecule has 0 aliphatic rings. The highest BCUT2D eigenvalue weighted by molar-refractivity contribution is 7.99. The maximum Gasteiger partial charge on any atom is 0.417 e. The third kappa shape index (κ3) is 5.92. The number of halogens is 4. The van der Waals surface area contributed by atoms with E-state index in [1.807, 2.05) is 38.1 Å². The quantitative estimate of drug-likeness (QED) is 0.172. The molecule has 2 heterocycles. The molecule has 0 unspecified atom stereocenters. The Morgan fingerprint density at radius 3 is 2.50 bits per heavy atom. The summed E-state index contributed by atoms with van der Waals surface area (Å²) in [7, 11) is 0. The van der Waals surface area contributed by atoms with E-state index in [4.69, 9.17) is 16.6 Å². The van der Waals surface area contributed by atoms with Gasteiger partial charge in [0.2, 0.25) is 5.91 Å². The van der Waals surface area contributed by atoms with Crippen LogP contribution < -0.4 is 10.9 Å². The highest BCUT2D eigenvalue weighted by Gasteiger charge is 2.33. The summed E-state index contributed by atoms with van der Waals surface area (Å²) >= 11 is 8.19. The Morgan fingerprint density at radius 2 is 1.87 bits per heavy atom. The van der Waals surface area contributed by atoms with Crippen LogP contribution >= 0.6 is 34.7 Å². The number of carbonyl (C=O) groups is 1. The van der Waals surface area contributed by atoms with Gasteiger partial charge in [-0.2, -0.15) is 13.2 Å². The smallest absolute Gasteiger partial charge is 0.325 e. The molecular formula is C27H25ClF3N3O2S2. The minimum Gasteiger partial charge on any atom is -0.325 e. The number of thiophene rings is 1. The summed E-state index contributed by atoms with van der Waals surface area (Å²) in [5, 5.41) is 2.92. The number of aromatic nitrogens is 2. The first-order valence-electron chi connectivity index (χ1n) is 12.0. The number of alkyl halides is 3. The van der Waals surface area contributed by atoms with Crippen LogP contribution in [0.2, 0.25) is 5.02 Å². The van der Waals surface area contributed by atoms with Gasteiger partial charge in [-0.15, -0.1) is 11.3 Å². The topological polar surface area (TPSA) is 64.0 Å². The van der Waals surface area contributed by atoms with Crippen LogP contribution in [0.4, 0.5) is 18.9 Å². The Bertz CT molecular complexity index is 1550. The van der Waals surface area contributed by atoms with Crippen LogP contribution in [0.15, 0.2) is 52.4 Å². The van der Waals surface area contributed by atoms with E-state index in [1.54, 1.807) is 0 Å². The third-order valence-corrected chi connectivity index (χ3v) is 8.51. The third-order valence-electron chi connectivity index (χ3n) is 6.00. The summed E-state index contributed by atoms with van der Waals surface area (Å²) < 4.78 is 41.1. The van der Waals surface area contributed by atoms with Crippen molar-refractivity contribution in [1.29, 1.82) is 0 Å². The van der Waals surface area contributed by atoms with E-state index in [2.05, 4.69) is 12.2 Å². The van der Waals surface area contributed by atoms with E-state index >= 15 is 0 Å². The lowest BCUT2D eigenvalue weighted by atomic mass is 10.1. The van der Waals surface area contributed by atoms with Gasteiger partial charge in [-0.05, 0) is 61.2 Å². The maximum absolute atomic E-state index is 13.7. The molecule has 4 rings (SSSR count). The molecule has 200 valence electrons. The zero-order valence-electron chi connectivity index (χ0n) is 20.9. The molecule has 0 aliphatic carbocycles. The van der Waals surface area contributed by atoms with Crippen molar-refractivity contribution < 1.29 is 18.0 Å². The number of anilines is 1. The molecule has 2 aromatic carbocycles. The zero-order valence-corrected chi connectivity index (χ0v) is 23.3. The number of amides is 1. The molecule has 0 saturated heterocycles. The van der Waals surface area contributed by atoms with E-state index in [0.29, 0.717) is 21.1 Å². The second kappa shape index (κ2) is 11.5. The van der Waals surface area contributed by atoms with Gasteiger partial charge in [-0.25, -0.2) is 4.98 Å². The van der Waals surface area contributed by atoms with Crippen LogP contribution in [0.1, 0.15) is 41.8 Å². The Balaban J connectivity index is 1.68. The second-order valence-electron chi connectivity index (χ2n) is 8.66. The first-order chi connectivity index (χ1) is 18.0. The number of nitrogens with zero attached hydrogens (tertiary/aromatic N) is 2. The minimum absolute atomic E-state index is 0.0265. The van der Waals surface area contributed by atoms with Crippen molar-refractivity contribution in [3.05, 3.63) is 79.4 Å². The fraction of sp³-hybridized carbons (Fsp3) is 0.296. The lowest BCUT2D eigenvalue weighted by molar-refractivity contribution is -0.137. The number of benzene rings is 2. The molecular weight excluding hydrogens is 555 g/mol. The molecule has 4 aromatic rings. The summed E-state index contributed by atoms with van der Waals surface area (Å²) in [6.07, 6.45) is -2.03. The molecule has 0 spiro atoms. The SMILES string of the molecule is CCCc1sc2nc(SCC(=O)Nc3ccc(Cl)c(C(F)(F)F)c3)n(-c3ccc(CC)cc3)c(=O)c2c1C. The van der Waals surface area contributed by atoms with Gasteiger partial charge >= 0.3 is 6.18 Å². The van der Waals surface area contributed by atoms with Crippen LogP contribution in [-0.4, -0.2) is 21.2 Å². The van der Waals surface area contributed by atoms with Gasteiger partial charge in [0, 0.05) is 10.6 Å². The standard InChI is InChI=1S/C27H25ClF3N3O2S2/c1-4-6-21-15(3)23-24(38-21)33-26(34(25(23)36)18-10-7-16(5-2)8-11-18)37-14-22(35)32-17-9-12-20(28)19(13-17)27(29,30)31/h7-13H,4-6,14H2,1-3H3,(H,32,35). The second-order valence-corrected chi connectivity index (χ2v) is 11.1. The van der Waals surface area contributed by atoms with E-state index in [0.717, 1.165) is 59.2 Å². The van der Waals surface area contributed by atoms with E-state index in [-0.39, 0.29) is 17.0 Å². The monoisotopic (exact) mass is 579 g/mol. The van der Waals surface area contributed by atoms with Gasteiger partial charge in [-0.3, -0.25) is 14.2 Å². The van der Waals surface area contributed by atoms with Crippen LogP contribution in [0.3, 0.4) is 0 Å². The predicted octanol–water partition coefficient (Wildman–Crippen LogP) is 7.67. The molecule has 0 atom stereocenters. The summed E-state index contributed by atoms with van der Waals surface area (Å²) in [6, 6.07) is 10.8. The van der Waals surface area contributed by atoms with Crippen molar-refractivity contribution >= 4 is 56.5 Å². The van der Waals surface area contributed by atoms with Crippen molar-refractivity contribution in [1.82, 2.24) is 9.55 Å². The molecule has 0 saturated carbocycles. The van der Waals surface area contributed by atoms with Crippen molar-refractivity contribution in [3.8, 4) is 5.69 Å². The van der Waals surface area contributed by atoms with E-state index in [9.17, 15) is 22.8 Å². The number of aryl methyl sites for hydroxylation is 3. The summed E-state index contributed by atoms with van der Waals surface area (Å²) in [6.45, 7) is 6.04. The Labute approximate surface area is 231 Å². The van der Waals surface area contributed by atoms with Gasteiger partial charge in [0.25, 0.3) is 5.56 Å². The number of nitrogens with one attached hydrogen (secondary N) is 1. The summed E-state index contributed by atoms with van der Waals surface area (Å²) in [5.74, 6) is -0.706. The molecule has 1 N–H and O–H groups in total. The minimum atomic E-state index is -4.65. The average molecular weight is 580 g/mol. The molecule has 38 heavy (non-hydrogen) atoms. The van der Waals surface area contributed by atoms with Crippen LogP contribution in [0.25, 0.3) is 15.9 Å². The lowest BCUT2D eigenvalue weighted by Crippen LogP contribution is -2.23. The van der Waals surface area contributed by atoms with Crippen LogP contribution in [0, 0.1) is 6.92 Å². The van der Waals surface area contributed by atoms with Gasteiger partial charge < -0.3 is 5.32 Å². The molecule has 1 amide bonds. The Morgan fingerprint density at radius 1 is 1.16 bits per heavy atom. The summed E-state index contributed by atoms with van der Waals surface area (Å²) in [4.78, 5) is 32.9. The average Bonchev–Trinajstić information content (AvgIpc) is 3.18. The fourth-order valence-corrected chi connectivity index (χ4v) is 6.39. The number of thioether (sulfide) groups is 1. The molecule has 0 bridgehead atoms. The molecule has 0 radical (unpaired) electrons. The zero-order chi connectivity index (χ0) is 27.6. The molecule has 0 fully saturated rings. The van der Waals surface area contributed by atoms with E-state index < -0.39 is 22.7 Å². The van der Waals surface area contributed by atoms with Crippen LogP contribution in [-0.2, 0) is 23.8 Å². The lowest BCUT2D eigenvalue weighted by Gasteiger charge is -2.14. The molecule has 2 aromatic heterocycles. The van der Waals surface area contributed by atoms with Gasteiger partial charge in [-0.1, -0.05) is 55.8 Å². The fourth-order valence-electron chi connectivity index (χ4n) is 4.03. The van der Waals surface area contributed by atoms with Crippen molar-refractivity contribution in [2.45, 2.75) is 51.4 Å². The Kier molecular flexibility index (Phi) is 8.54. The molecule has 0 aliphatic heterocycles. The van der Waals surface area contributed by atoms with Gasteiger partial charge in [0.1, 0.15) is 4.83 Å². The number of hydrogen-bond acceptors (Lipinski definition) is 5. The molecule has 11 heteroatoms. The van der Waals surface area contributed by atoms with Crippen molar-refractivity contribution in [3.63, 3.8) is 0 Å². The Hall–Kier alpha value is -2.82. The van der Waals surface area contributed by atoms with Gasteiger partial charge in [0.05, 0.1) is 27.4 Å². The number of carbonyl (C=O) groups excluding carboxylic acids is 1. The van der Waals surface area contributed by atoms with Gasteiger partial charge in [0.15, 0.2) is 5.16 Å².